The van der Waals surface area contributed by atoms with Gasteiger partial charge in [0.25, 0.3) is 0 Å². The van der Waals surface area contributed by atoms with Crippen molar-refractivity contribution in [2.75, 3.05) is 6.54 Å². The van der Waals surface area contributed by atoms with Gasteiger partial charge in [-0.25, -0.2) is 13.1 Å². The molecule has 1 unspecified atom stereocenters. The number of hydrogen-bond donors (Lipinski definition) is 2. The van der Waals surface area contributed by atoms with Crippen molar-refractivity contribution in [1.82, 2.24) is 4.72 Å². The van der Waals surface area contributed by atoms with Crippen LogP contribution in [0.4, 0.5) is 0 Å². The van der Waals surface area contributed by atoms with Gasteiger partial charge in [-0.2, -0.15) is 0 Å². The molecule has 4 nitrogen and oxygen atoms in total. The molecule has 0 spiro atoms. The summed E-state index contributed by atoms with van der Waals surface area (Å²) < 4.78 is 27.6. The Kier molecular flexibility index (Phi) is 5.07. The van der Waals surface area contributed by atoms with Crippen molar-refractivity contribution in [2.24, 2.45) is 11.7 Å². The highest BCUT2D eigenvalue weighted by atomic mass is 35.5. The van der Waals surface area contributed by atoms with Crippen LogP contribution in [0, 0.1) is 12.8 Å². The third-order valence-corrected chi connectivity index (χ3v) is 5.88. The van der Waals surface area contributed by atoms with Crippen molar-refractivity contribution in [3.63, 3.8) is 0 Å². The summed E-state index contributed by atoms with van der Waals surface area (Å²) in [7, 11) is -3.62. The molecule has 0 heterocycles. The van der Waals surface area contributed by atoms with Crippen LogP contribution in [-0.4, -0.2) is 21.0 Å². The SMILES string of the molecule is Cc1ccc(S(=O)(=O)NC(CN)C2CCCC2)c(Cl)c1. The number of sulfonamides is 1. The summed E-state index contributed by atoms with van der Waals surface area (Å²) in [5, 5.41) is 0.250. The Morgan fingerprint density at radius 2 is 2.05 bits per heavy atom. The second-order valence-corrected chi connectivity index (χ2v) is 7.53. The quantitative estimate of drug-likeness (QED) is 0.876. The van der Waals surface area contributed by atoms with Crippen molar-refractivity contribution in [3.8, 4) is 0 Å². The van der Waals surface area contributed by atoms with E-state index < -0.39 is 10.0 Å². The van der Waals surface area contributed by atoms with Crippen LogP contribution in [0.3, 0.4) is 0 Å². The fourth-order valence-electron chi connectivity index (χ4n) is 2.78. The molecule has 1 aliphatic carbocycles. The van der Waals surface area contributed by atoms with E-state index in [1.807, 2.05) is 6.92 Å². The van der Waals surface area contributed by atoms with E-state index >= 15 is 0 Å². The summed E-state index contributed by atoms with van der Waals surface area (Å²) in [6.07, 6.45) is 4.36. The summed E-state index contributed by atoms with van der Waals surface area (Å²) in [5.74, 6) is 0.332. The largest absolute Gasteiger partial charge is 0.329 e. The van der Waals surface area contributed by atoms with Gasteiger partial charge in [0.05, 0.1) is 5.02 Å². The predicted octanol–water partition coefficient (Wildman–Crippen LogP) is 2.44. The van der Waals surface area contributed by atoms with Gasteiger partial charge in [0.2, 0.25) is 10.0 Å². The van der Waals surface area contributed by atoms with Gasteiger partial charge >= 0.3 is 0 Å². The molecule has 0 radical (unpaired) electrons. The van der Waals surface area contributed by atoms with Gasteiger partial charge in [-0.3, -0.25) is 0 Å². The molecule has 112 valence electrons. The second-order valence-electron chi connectivity index (χ2n) is 5.44. The molecule has 0 aliphatic heterocycles. The molecule has 0 bridgehead atoms. The minimum atomic E-state index is -3.62. The number of nitrogens with two attached hydrogens (primary N) is 1. The molecule has 0 saturated heterocycles. The first kappa shape index (κ1) is 15.8. The van der Waals surface area contributed by atoms with Gasteiger partial charge < -0.3 is 5.73 Å². The van der Waals surface area contributed by atoms with Crippen LogP contribution in [0.25, 0.3) is 0 Å². The highest BCUT2D eigenvalue weighted by molar-refractivity contribution is 7.89. The molecule has 1 aliphatic rings. The highest BCUT2D eigenvalue weighted by Crippen LogP contribution is 2.29. The van der Waals surface area contributed by atoms with Crippen LogP contribution in [0.5, 0.6) is 0 Å². The molecular formula is C14H21ClN2O2S. The standard InChI is InChI=1S/C14H21ClN2O2S/c1-10-6-7-14(12(15)8-10)20(18,19)17-13(9-16)11-4-2-3-5-11/h6-8,11,13,17H,2-5,9,16H2,1H3. The molecular weight excluding hydrogens is 296 g/mol. The molecule has 1 fully saturated rings. The van der Waals surface area contributed by atoms with E-state index in [1.54, 1.807) is 18.2 Å². The molecule has 0 aromatic heterocycles. The molecule has 2 rings (SSSR count). The molecule has 1 aromatic rings. The fraction of sp³-hybridized carbons (Fsp3) is 0.571. The third-order valence-electron chi connectivity index (χ3n) is 3.91. The first-order chi connectivity index (χ1) is 9.44. The van der Waals surface area contributed by atoms with Gasteiger partial charge in [-0.05, 0) is 43.4 Å². The Balaban J connectivity index is 2.21. The van der Waals surface area contributed by atoms with Gasteiger partial charge in [0.15, 0.2) is 0 Å². The maximum absolute atomic E-state index is 12.4. The zero-order chi connectivity index (χ0) is 14.8. The lowest BCUT2D eigenvalue weighted by atomic mass is 9.99. The van der Waals surface area contributed by atoms with Crippen molar-refractivity contribution < 1.29 is 8.42 Å². The van der Waals surface area contributed by atoms with Crippen LogP contribution in [0.1, 0.15) is 31.2 Å². The van der Waals surface area contributed by atoms with Gasteiger partial charge in [-0.1, -0.05) is 30.5 Å². The van der Waals surface area contributed by atoms with Gasteiger partial charge in [0, 0.05) is 12.6 Å². The third kappa shape index (κ3) is 3.52. The van der Waals surface area contributed by atoms with Crippen LogP contribution in [-0.2, 0) is 10.0 Å². The lowest BCUT2D eigenvalue weighted by Crippen LogP contribution is -2.44. The van der Waals surface area contributed by atoms with Crippen molar-refractivity contribution in [1.29, 1.82) is 0 Å². The highest BCUT2D eigenvalue weighted by Gasteiger charge is 2.29. The zero-order valence-electron chi connectivity index (χ0n) is 11.6. The summed E-state index contributed by atoms with van der Waals surface area (Å²) in [4.78, 5) is 0.126. The molecule has 0 amide bonds. The Hall–Kier alpha value is -0.620. The van der Waals surface area contributed by atoms with Crippen molar-refractivity contribution >= 4 is 21.6 Å². The van der Waals surface area contributed by atoms with E-state index in [0.29, 0.717) is 12.5 Å². The molecule has 1 saturated carbocycles. The lowest BCUT2D eigenvalue weighted by molar-refractivity contribution is 0.405. The van der Waals surface area contributed by atoms with Crippen LogP contribution in [0.2, 0.25) is 5.02 Å². The smallest absolute Gasteiger partial charge is 0.242 e. The number of aryl methyl sites for hydroxylation is 1. The maximum Gasteiger partial charge on any atom is 0.242 e. The summed E-state index contributed by atoms with van der Waals surface area (Å²) in [6.45, 7) is 2.18. The van der Waals surface area contributed by atoms with Gasteiger partial charge in [0.1, 0.15) is 4.90 Å². The Morgan fingerprint density at radius 3 is 2.60 bits per heavy atom. The lowest BCUT2D eigenvalue weighted by Gasteiger charge is -2.23. The first-order valence-electron chi connectivity index (χ1n) is 6.92. The minimum absolute atomic E-state index is 0.126. The Bertz CT molecular complexity index is 569. The summed E-state index contributed by atoms with van der Waals surface area (Å²) >= 11 is 6.05. The predicted molar refractivity (Wildman–Crippen MR) is 81.3 cm³/mol. The minimum Gasteiger partial charge on any atom is -0.329 e. The number of hydrogen-bond acceptors (Lipinski definition) is 3. The maximum atomic E-state index is 12.4. The second kappa shape index (κ2) is 6.43. The van der Waals surface area contributed by atoms with E-state index in [0.717, 1.165) is 31.2 Å². The summed E-state index contributed by atoms with van der Waals surface area (Å²) in [5.41, 5.74) is 6.67. The number of halogens is 1. The summed E-state index contributed by atoms with van der Waals surface area (Å²) in [6, 6.07) is 4.73. The first-order valence-corrected chi connectivity index (χ1v) is 8.78. The molecule has 1 atom stereocenters. The van der Waals surface area contributed by atoms with Crippen LogP contribution >= 0.6 is 11.6 Å². The monoisotopic (exact) mass is 316 g/mol. The normalized spacial score (nSPS) is 18.4. The van der Waals surface area contributed by atoms with E-state index in [1.165, 1.54) is 0 Å². The molecule has 1 aromatic carbocycles. The molecule has 20 heavy (non-hydrogen) atoms. The van der Waals surface area contributed by atoms with Crippen LogP contribution < -0.4 is 10.5 Å². The van der Waals surface area contributed by atoms with Gasteiger partial charge in [-0.15, -0.1) is 0 Å². The van der Waals surface area contributed by atoms with Crippen molar-refractivity contribution in [2.45, 2.75) is 43.5 Å². The van der Waals surface area contributed by atoms with E-state index in [4.69, 9.17) is 17.3 Å². The topological polar surface area (TPSA) is 72.2 Å². The number of benzene rings is 1. The zero-order valence-corrected chi connectivity index (χ0v) is 13.2. The van der Waals surface area contributed by atoms with E-state index in [9.17, 15) is 8.42 Å². The Labute approximate surface area is 125 Å². The van der Waals surface area contributed by atoms with E-state index in [-0.39, 0.29) is 16.0 Å². The average Bonchev–Trinajstić information content (AvgIpc) is 2.89. The van der Waals surface area contributed by atoms with Crippen molar-refractivity contribution in [3.05, 3.63) is 28.8 Å². The Morgan fingerprint density at radius 1 is 1.40 bits per heavy atom. The number of nitrogens with one attached hydrogen (secondary N) is 1. The van der Waals surface area contributed by atoms with E-state index in [2.05, 4.69) is 4.72 Å². The molecule has 6 heteroatoms. The fourth-order valence-corrected chi connectivity index (χ4v) is 4.70. The average molecular weight is 317 g/mol. The number of rotatable bonds is 5. The molecule has 3 N–H and O–H groups in total. The van der Waals surface area contributed by atoms with Crippen LogP contribution in [0.15, 0.2) is 23.1 Å².